The van der Waals surface area contributed by atoms with Crippen LogP contribution in [0.25, 0.3) is 0 Å². The highest BCUT2D eigenvalue weighted by Gasteiger charge is 2.31. The molecule has 0 aromatic heterocycles. The van der Waals surface area contributed by atoms with Crippen LogP contribution in [-0.4, -0.2) is 60.8 Å². The van der Waals surface area contributed by atoms with Gasteiger partial charge in [0.25, 0.3) is 0 Å². The van der Waals surface area contributed by atoms with Crippen molar-refractivity contribution in [1.82, 2.24) is 4.90 Å². The first-order valence-corrected chi connectivity index (χ1v) is 5.78. The molecule has 7 heteroatoms. The molecule has 0 aliphatic carbocycles. The first-order valence-electron chi connectivity index (χ1n) is 5.78. The fraction of sp³-hybridized carbons (Fsp3) is 0.583. The summed E-state index contributed by atoms with van der Waals surface area (Å²) in [6, 6.07) is 0. The second kappa shape index (κ2) is 6.33. The summed E-state index contributed by atoms with van der Waals surface area (Å²) in [6.07, 6.45) is -0.819. The molecule has 7 nitrogen and oxygen atoms in total. The predicted molar refractivity (Wildman–Crippen MR) is 64.3 cm³/mol. The Bertz CT molecular complexity index is 428. The third kappa shape index (κ3) is 3.54. The zero-order valence-electron chi connectivity index (χ0n) is 11.1. The maximum absolute atomic E-state index is 12.1. The average molecular weight is 271 g/mol. The Morgan fingerprint density at radius 1 is 1.26 bits per heavy atom. The van der Waals surface area contributed by atoms with Crippen LogP contribution in [0.3, 0.4) is 0 Å². The zero-order valence-corrected chi connectivity index (χ0v) is 11.1. The summed E-state index contributed by atoms with van der Waals surface area (Å²) >= 11 is 0. The Morgan fingerprint density at radius 3 is 2.42 bits per heavy atom. The molecular weight excluding hydrogens is 254 g/mol. The second-order valence-corrected chi connectivity index (χ2v) is 4.19. The second-order valence-electron chi connectivity index (χ2n) is 4.19. The number of ether oxygens (including phenoxy) is 2. The normalized spacial score (nSPS) is 20.6. The number of carboxylic acids is 1. The maximum Gasteiger partial charge on any atom is 0.336 e. The highest BCUT2D eigenvalue weighted by molar-refractivity contribution is 6.01. The van der Waals surface area contributed by atoms with Gasteiger partial charge in [0.1, 0.15) is 0 Å². The minimum atomic E-state index is -1.14. The fourth-order valence-electron chi connectivity index (χ4n) is 1.67. The van der Waals surface area contributed by atoms with Crippen LogP contribution in [0.5, 0.6) is 0 Å². The Hall–Kier alpha value is -1.89. The Morgan fingerprint density at radius 2 is 1.89 bits per heavy atom. The van der Waals surface area contributed by atoms with Crippen molar-refractivity contribution in [1.29, 1.82) is 0 Å². The number of hydrogen-bond donors (Lipinski definition) is 1. The SMILES string of the molecule is COC(=O)C1CN(C(=O)C(C)=C(C)C(=O)O)CCO1. The molecule has 1 rings (SSSR count). The molecule has 0 aromatic rings. The van der Waals surface area contributed by atoms with Crippen molar-refractivity contribution in [2.24, 2.45) is 0 Å². The van der Waals surface area contributed by atoms with Gasteiger partial charge in [-0.2, -0.15) is 0 Å². The molecule has 1 saturated heterocycles. The summed E-state index contributed by atoms with van der Waals surface area (Å²) in [4.78, 5) is 35.7. The van der Waals surface area contributed by atoms with Gasteiger partial charge >= 0.3 is 11.9 Å². The van der Waals surface area contributed by atoms with Gasteiger partial charge in [0.2, 0.25) is 5.91 Å². The number of rotatable bonds is 3. The molecule has 1 unspecified atom stereocenters. The number of aliphatic carboxylic acids is 1. The Labute approximate surface area is 110 Å². The lowest BCUT2D eigenvalue weighted by atomic mass is 10.1. The lowest BCUT2D eigenvalue weighted by Gasteiger charge is -2.31. The molecule has 19 heavy (non-hydrogen) atoms. The molecule has 0 aromatic carbocycles. The van der Waals surface area contributed by atoms with Crippen molar-refractivity contribution in [3.8, 4) is 0 Å². The third-order valence-electron chi connectivity index (χ3n) is 3.02. The first-order chi connectivity index (χ1) is 8.88. The van der Waals surface area contributed by atoms with E-state index in [1.807, 2.05) is 0 Å². The summed E-state index contributed by atoms with van der Waals surface area (Å²) < 4.78 is 9.75. The van der Waals surface area contributed by atoms with E-state index in [1.165, 1.54) is 25.9 Å². The molecule has 0 bridgehead atoms. The number of morpholine rings is 1. The molecule has 1 aliphatic heterocycles. The molecule has 1 heterocycles. The van der Waals surface area contributed by atoms with E-state index in [0.29, 0.717) is 6.54 Å². The minimum Gasteiger partial charge on any atom is -0.478 e. The van der Waals surface area contributed by atoms with Gasteiger partial charge in [0.05, 0.1) is 20.3 Å². The van der Waals surface area contributed by atoms with Crippen LogP contribution in [0.4, 0.5) is 0 Å². The number of amides is 1. The van der Waals surface area contributed by atoms with Gasteiger partial charge in [0, 0.05) is 17.7 Å². The fourth-order valence-corrected chi connectivity index (χ4v) is 1.67. The van der Waals surface area contributed by atoms with Crippen LogP contribution in [0.2, 0.25) is 0 Å². The van der Waals surface area contributed by atoms with Crippen molar-refractivity contribution in [3.05, 3.63) is 11.1 Å². The van der Waals surface area contributed by atoms with Gasteiger partial charge < -0.3 is 19.5 Å². The third-order valence-corrected chi connectivity index (χ3v) is 3.02. The molecular formula is C12H17NO6. The van der Waals surface area contributed by atoms with E-state index in [1.54, 1.807) is 0 Å². The number of carbonyl (C=O) groups is 3. The lowest BCUT2D eigenvalue weighted by Crippen LogP contribution is -2.49. The predicted octanol–water partition coefficient (Wildman–Crippen LogP) is -0.192. The molecule has 0 radical (unpaired) electrons. The van der Waals surface area contributed by atoms with E-state index < -0.39 is 23.9 Å². The highest BCUT2D eigenvalue weighted by Crippen LogP contribution is 2.13. The van der Waals surface area contributed by atoms with Gasteiger partial charge in [-0.05, 0) is 13.8 Å². The van der Waals surface area contributed by atoms with Crippen molar-refractivity contribution in [3.63, 3.8) is 0 Å². The standard InChI is InChI=1S/C12H17NO6/c1-7(8(2)11(15)16)10(14)13-4-5-19-9(6-13)12(17)18-3/h9H,4-6H2,1-3H3,(H,15,16). The van der Waals surface area contributed by atoms with Gasteiger partial charge in [-0.3, -0.25) is 4.79 Å². The molecule has 1 atom stereocenters. The Balaban J connectivity index is 2.80. The van der Waals surface area contributed by atoms with E-state index in [-0.39, 0.29) is 24.3 Å². The molecule has 0 spiro atoms. The van der Waals surface area contributed by atoms with Gasteiger partial charge in [-0.1, -0.05) is 0 Å². The largest absolute Gasteiger partial charge is 0.478 e. The summed E-state index contributed by atoms with van der Waals surface area (Å²) in [5.74, 6) is -2.09. The highest BCUT2D eigenvalue weighted by atomic mass is 16.6. The van der Waals surface area contributed by atoms with Crippen LogP contribution in [0, 0.1) is 0 Å². The van der Waals surface area contributed by atoms with E-state index in [2.05, 4.69) is 4.74 Å². The smallest absolute Gasteiger partial charge is 0.336 e. The van der Waals surface area contributed by atoms with Crippen LogP contribution in [0.15, 0.2) is 11.1 Å². The molecule has 1 fully saturated rings. The van der Waals surface area contributed by atoms with E-state index in [9.17, 15) is 14.4 Å². The molecule has 1 amide bonds. The van der Waals surface area contributed by atoms with Gasteiger partial charge in [0.15, 0.2) is 6.10 Å². The summed E-state index contributed by atoms with van der Waals surface area (Å²) in [7, 11) is 1.24. The maximum atomic E-state index is 12.1. The zero-order chi connectivity index (χ0) is 14.6. The van der Waals surface area contributed by atoms with Crippen LogP contribution >= 0.6 is 0 Å². The summed E-state index contributed by atoms with van der Waals surface area (Å²) in [5, 5.41) is 8.85. The first kappa shape index (κ1) is 15.2. The van der Waals surface area contributed by atoms with Crippen LogP contribution in [0.1, 0.15) is 13.8 Å². The number of hydrogen-bond acceptors (Lipinski definition) is 5. The number of esters is 1. The van der Waals surface area contributed by atoms with Crippen molar-refractivity contribution < 1.29 is 29.0 Å². The number of carbonyl (C=O) groups excluding carboxylic acids is 2. The molecule has 1 aliphatic rings. The van der Waals surface area contributed by atoms with Crippen molar-refractivity contribution in [2.45, 2.75) is 20.0 Å². The van der Waals surface area contributed by atoms with Crippen LogP contribution < -0.4 is 0 Å². The summed E-state index contributed by atoms with van der Waals surface area (Å²) in [5.41, 5.74) is 0.143. The number of methoxy groups -OCH3 is 1. The number of nitrogens with zero attached hydrogens (tertiary/aromatic N) is 1. The summed E-state index contributed by atoms with van der Waals surface area (Å²) in [6.45, 7) is 3.42. The minimum absolute atomic E-state index is 0.00823. The van der Waals surface area contributed by atoms with Gasteiger partial charge in [-0.25, -0.2) is 9.59 Å². The topological polar surface area (TPSA) is 93.1 Å². The molecule has 0 saturated carbocycles. The number of carboxylic acid groups (broad SMARTS) is 1. The Kier molecular flexibility index (Phi) is 5.05. The van der Waals surface area contributed by atoms with Gasteiger partial charge in [-0.15, -0.1) is 0 Å². The monoisotopic (exact) mass is 271 g/mol. The van der Waals surface area contributed by atoms with Crippen LogP contribution in [-0.2, 0) is 23.9 Å². The van der Waals surface area contributed by atoms with E-state index in [0.717, 1.165) is 0 Å². The van der Waals surface area contributed by atoms with Crippen molar-refractivity contribution in [2.75, 3.05) is 26.8 Å². The molecule has 106 valence electrons. The van der Waals surface area contributed by atoms with E-state index >= 15 is 0 Å². The van der Waals surface area contributed by atoms with Crippen molar-refractivity contribution >= 4 is 17.8 Å². The van der Waals surface area contributed by atoms with E-state index in [4.69, 9.17) is 9.84 Å². The average Bonchev–Trinajstić information content (AvgIpc) is 2.43. The quantitative estimate of drug-likeness (QED) is 0.565. The lowest BCUT2D eigenvalue weighted by molar-refractivity contribution is -0.161. The molecule has 1 N–H and O–H groups in total.